The first kappa shape index (κ1) is 17.9. The first-order chi connectivity index (χ1) is 13.0. The Morgan fingerprint density at radius 1 is 1.30 bits per heavy atom. The van der Waals surface area contributed by atoms with Crippen molar-refractivity contribution in [3.63, 3.8) is 0 Å². The van der Waals surface area contributed by atoms with E-state index in [0.29, 0.717) is 36.6 Å². The third-order valence-corrected chi connectivity index (χ3v) is 5.76. The molecule has 1 amide bonds. The number of hydrogen-bond donors (Lipinski definition) is 1. The van der Waals surface area contributed by atoms with Gasteiger partial charge in [-0.2, -0.15) is 4.52 Å². The van der Waals surface area contributed by atoms with Crippen LogP contribution in [0.3, 0.4) is 0 Å². The standard InChI is InChI=1S/C17H15ClFN5O2S/c18-12-9-11(1-2-13(12)19)21-15(26)10-4-7-23(8-5-10)17-22-24-14(25)3-6-20-16(24)27-17/h1-3,6,9-10H,4-5,7-8H2,(H,21,26). The van der Waals surface area contributed by atoms with Gasteiger partial charge >= 0.3 is 0 Å². The summed E-state index contributed by atoms with van der Waals surface area (Å²) in [4.78, 5) is 31.0. The van der Waals surface area contributed by atoms with Gasteiger partial charge in [0.2, 0.25) is 16.0 Å². The summed E-state index contributed by atoms with van der Waals surface area (Å²) in [5.74, 6) is -0.785. The van der Waals surface area contributed by atoms with Gasteiger partial charge in [0.05, 0.1) is 5.02 Å². The second-order valence-electron chi connectivity index (χ2n) is 6.24. The predicted octanol–water partition coefficient (Wildman–Crippen LogP) is 2.80. The van der Waals surface area contributed by atoms with Gasteiger partial charge < -0.3 is 10.2 Å². The number of carbonyl (C=O) groups excluding carboxylic acids is 1. The summed E-state index contributed by atoms with van der Waals surface area (Å²) < 4.78 is 14.5. The number of anilines is 2. The van der Waals surface area contributed by atoms with Crippen LogP contribution >= 0.6 is 22.9 Å². The van der Waals surface area contributed by atoms with E-state index in [-0.39, 0.29) is 22.4 Å². The van der Waals surface area contributed by atoms with Crippen molar-refractivity contribution in [3.05, 3.63) is 51.7 Å². The molecule has 1 saturated heterocycles. The fraction of sp³-hybridized carbons (Fsp3) is 0.294. The van der Waals surface area contributed by atoms with E-state index in [4.69, 9.17) is 11.6 Å². The van der Waals surface area contributed by atoms with Crippen LogP contribution in [0.5, 0.6) is 0 Å². The number of piperidine rings is 1. The normalized spacial score (nSPS) is 15.3. The Balaban J connectivity index is 1.40. The fourth-order valence-corrected chi connectivity index (χ4v) is 4.12. The molecule has 0 aliphatic carbocycles. The van der Waals surface area contributed by atoms with Gasteiger partial charge in [0.15, 0.2) is 0 Å². The van der Waals surface area contributed by atoms with Crippen LogP contribution in [0.1, 0.15) is 12.8 Å². The number of hydrogen-bond acceptors (Lipinski definition) is 6. The lowest BCUT2D eigenvalue weighted by molar-refractivity contribution is -0.120. The van der Waals surface area contributed by atoms with Gasteiger partial charge in [-0.25, -0.2) is 9.37 Å². The summed E-state index contributed by atoms with van der Waals surface area (Å²) in [5.41, 5.74) is 0.264. The van der Waals surface area contributed by atoms with Crippen molar-refractivity contribution in [2.45, 2.75) is 12.8 Å². The van der Waals surface area contributed by atoms with Crippen LogP contribution in [-0.4, -0.2) is 33.6 Å². The lowest BCUT2D eigenvalue weighted by Crippen LogP contribution is -2.38. The monoisotopic (exact) mass is 407 g/mol. The Hall–Kier alpha value is -2.52. The van der Waals surface area contributed by atoms with E-state index >= 15 is 0 Å². The van der Waals surface area contributed by atoms with Crippen molar-refractivity contribution in [3.8, 4) is 0 Å². The molecule has 0 saturated carbocycles. The van der Waals surface area contributed by atoms with Crippen molar-refractivity contribution in [2.24, 2.45) is 5.92 Å². The zero-order valence-electron chi connectivity index (χ0n) is 14.1. The van der Waals surface area contributed by atoms with Crippen molar-refractivity contribution < 1.29 is 9.18 Å². The molecule has 3 heterocycles. The average molecular weight is 408 g/mol. The minimum Gasteiger partial charge on any atom is -0.347 e. The molecule has 0 unspecified atom stereocenters. The van der Waals surface area contributed by atoms with Crippen LogP contribution in [0.15, 0.2) is 35.3 Å². The van der Waals surface area contributed by atoms with E-state index in [0.717, 1.165) is 5.13 Å². The van der Waals surface area contributed by atoms with E-state index in [9.17, 15) is 14.0 Å². The predicted molar refractivity (Wildman–Crippen MR) is 102 cm³/mol. The van der Waals surface area contributed by atoms with E-state index in [1.54, 1.807) is 0 Å². The summed E-state index contributed by atoms with van der Waals surface area (Å²) >= 11 is 7.10. The first-order valence-electron chi connectivity index (χ1n) is 8.37. The molecule has 1 aliphatic rings. The Morgan fingerprint density at radius 3 is 2.78 bits per heavy atom. The molecular weight excluding hydrogens is 393 g/mol. The largest absolute Gasteiger partial charge is 0.347 e. The van der Waals surface area contributed by atoms with Crippen molar-refractivity contribution in [2.75, 3.05) is 23.3 Å². The SMILES string of the molecule is O=C(Nc1ccc(F)c(Cl)c1)C1CCN(c2nn3c(=O)ccnc3s2)CC1. The molecule has 1 N–H and O–H groups in total. The molecule has 1 aromatic carbocycles. The maximum Gasteiger partial charge on any atom is 0.275 e. The zero-order chi connectivity index (χ0) is 19.0. The number of halogens is 2. The molecule has 0 bridgehead atoms. The fourth-order valence-electron chi connectivity index (χ4n) is 3.01. The molecule has 0 spiro atoms. The molecule has 4 rings (SSSR count). The van der Waals surface area contributed by atoms with Gasteiger partial charge in [0.25, 0.3) is 5.56 Å². The zero-order valence-corrected chi connectivity index (χ0v) is 15.6. The highest BCUT2D eigenvalue weighted by atomic mass is 35.5. The highest BCUT2D eigenvalue weighted by molar-refractivity contribution is 7.20. The number of benzene rings is 1. The Bertz CT molecular complexity index is 1060. The van der Waals surface area contributed by atoms with Gasteiger partial charge in [0.1, 0.15) is 5.82 Å². The Morgan fingerprint density at radius 2 is 2.07 bits per heavy atom. The second-order valence-corrected chi connectivity index (χ2v) is 7.58. The number of nitrogens with zero attached hydrogens (tertiary/aromatic N) is 4. The maximum absolute atomic E-state index is 13.2. The molecule has 1 fully saturated rings. The lowest BCUT2D eigenvalue weighted by Gasteiger charge is -2.30. The molecule has 0 radical (unpaired) electrons. The highest BCUT2D eigenvalue weighted by Crippen LogP contribution is 2.27. The summed E-state index contributed by atoms with van der Waals surface area (Å²) in [5, 5.41) is 7.81. The van der Waals surface area contributed by atoms with Crippen LogP contribution in [0.25, 0.3) is 4.96 Å². The second kappa shape index (κ2) is 7.24. The van der Waals surface area contributed by atoms with Gasteiger partial charge in [-0.05, 0) is 31.0 Å². The molecule has 0 atom stereocenters. The summed E-state index contributed by atoms with van der Waals surface area (Å²) in [6.07, 6.45) is 2.77. The third-order valence-electron chi connectivity index (χ3n) is 4.48. The molecule has 1 aliphatic heterocycles. The summed E-state index contributed by atoms with van der Waals surface area (Å²) in [6.45, 7) is 1.30. The van der Waals surface area contributed by atoms with Gasteiger partial charge in [-0.15, -0.1) is 5.10 Å². The summed E-state index contributed by atoms with van der Waals surface area (Å²) in [6, 6.07) is 5.48. The smallest absolute Gasteiger partial charge is 0.275 e. The number of amides is 1. The van der Waals surface area contributed by atoms with Crippen LogP contribution in [0.4, 0.5) is 15.2 Å². The van der Waals surface area contributed by atoms with Crippen LogP contribution in [-0.2, 0) is 4.79 Å². The molecule has 2 aromatic heterocycles. The van der Waals surface area contributed by atoms with Gasteiger partial charge in [-0.3, -0.25) is 9.59 Å². The Kier molecular flexibility index (Phi) is 4.79. The van der Waals surface area contributed by atoms with Crippen molar-refractivity contribution in [1.29, 1.82) is 0 Å². The molecule has 27 heavy (non-hydrogen) atoms. The van der Waals surface area contributed by atoms with E-state index in [1.165, 1.54) is 46.3 Å². The van der Waals surface area contributed by atoms with E-state index in [1.807, 2.05) is 0 Å². The molecule has 3 aromatic rings. The summed E-state index contributed by atoms with van der Waals surface area (Å²) in [7, 11) is 0. The topological polar surface area (TPSA) is 79.6 Å². The van der Waals surface area contributed by atoms with Crippen molar-refractivity contribution in [1.82, 2.24) is 14.6 Å². The van der Waals surface area contributed by atoms with E-state index < -0.39 is 5.82 Å². The number of fused-ring (bicyclic) bond motifs is 1. The van der Waals surface area contributed by atoms with Crippen LogP contribution < -0.4 is 15.8 Å². The molecule has 10 heteroatoms. The minimum atomic E-state index is -0.521. The van der Waals surface area contributed by atoms with Gasteiger partial charge in [0, 0.05) is 37.0 Å². The molecule has 140 valence electrons. The van der Waals surface area contributed by atoms with Crippen LogP contribution in [0, 0.1) is 11.7 Å². The van der Waals surface area contributed by atoms with Crippen molar-refractivity contribution >= 4 is 44.6 Å². The van der Waals surface area contributed by atoms with Crippen LogP contribution in [0.2, 0.25) is 5.02 Å². The minimum absolute atomic E-state index is 0.0256. The number of carbonyl (C=O) groups is 1. The third kappa shape index (κ3) is 3.65. The first-order valence-corrected chi connectivity index (χ1v) is 9.56. The van der Waals surface area contributed by atoms with Gasteiger partial charge in [-0.1, -0.05) is 22.9 Å². The van der Waals surface area contributed by atoms with E-state index in [2.05, 4.69) is 20.3 Å². The quantitative estimate of drug-likeness (QED) is 0.722. The molecule has 7 nitrogen and oxygen atoms in total. The number of rotatable bonds is 3. The number of nitrogens with one attached hydrogen (secondary N) is 1. The molecular formula is C17H15ClFN5O2S. The lowest BCUT2D eigenvalue weighted by atomic mass is 9.96. The number of aromatic nitrogens is 3. The Labute approximate surface area is 162 Å². The maximum atomic E-state index is 13.2. The highest BCUT2D eigenvalue weighted by Gasteiger charge is 2.27. The average Bonchev–Trinajstić information content (AvgIpc) is 3.11.